The molecule has 112 valence electrons. The topological polar surface area (TPSA) is 28.2 Å². The second-order valence-electron chi connectivity index (χ2n) is 5.17. The van der Waals surface area contributed by atoms with E-state index in [4.69, 9.17) is 0 Å². The minimum atomic E-state index is 0.896. The zero-order valence-electron chi connectivity index (χ0n) is 13.0. The molecule has 0 aliphatic heterocycles. The van der Waals surface area contributed by atoms with Gasteiger partial charge in [0.2, 0.25) is 0 Å². The van der Waals surface area contributed by atoms with E-state index in [-0.39, 0.29) is 0 Å². The van der Waals surface area contributed by atoms with Crippen LogP contribution < -0.4 is 5.32 Å². The highest BCUT2D eigenvalue weighted by Gasteiger charge is 2.08. The molecule has 3 heteroatoms. The number of rotatable bonds is 8. The standard InChI is InChI=1S/C18H25N3/c1-3-19-13-16-9-5-6-10-17(16)14-21(4-2)15-18-11-7-8-12-20-18/h5-12,19H,3-4,13-15H2,1-2H3. The maximum absolute atomic E-state index is 4.43. The van der Waals surface area contributed by atoms with E-state index in [9.17, 15) is 0 Å². The van der Waals surface area contributed by atoms with Gasteiger partial charge in [-0.2, -0.15) is 0 Å². The molecule has 0 unspecified atom stereocenters. The van der Waals surface area contributed by atoms with Crippen molar-refractivity contribution in [2.24, 2.45) is 0 Å². The molecule has 0 spiro atoms. The lowest BCUT2D eigenvalue weighted by Gasteiger charge is -2.22. The van der Waals surface area contributed by atoms with E-state index >= 15 is 0 Å². The van der Waals surface area contributed by atoms with Gasteiger partial charge in [0.1, 0.15) is 0 Å². The highest BCUT2D eigenvalue weighted by atomic mass is 15.1. The van der Waals surface area contributed by atoms with E-state index < -0.39 is 0 Å². The van der Waals surface area contributed by atoms with Crippen molar-refractivity contribution in [3.05, 3.63) is 65.5 Å². The normalized spacial score (nSPS) is 11.0. The van der Waals surface area contributed by atoms with Gasteiger partial charge < -0.3 is 5.32 Å². The van der Waals surface area contributed by atoms with Gasteiger partial charge in [0.25, 0.3) is 0 Å². The van der Waals surface area contributed by atoms with Gasteiger partial charge in [-0.25, -0.2) is 0 Å². The molecular formula is C18H25N3. The first-order chi connectivity index (χ1) is 10.3. The van der Waals surface area contributed by atoms with Gasteiger partial charge in [-0.05, 0) is 36.3 Å². The molecule has 1 N–H and O–H groups in total. The third-order valence-corrected chi connectivity index (χ3v) is 3.64. The van der Waals surface area contributed by atoms with Crippen molar-refractivity contribution < 1.29 is 0 Å². The highest BCUT2D eigenvalue weighted by molar-refractivity contribution is 5.27. The first-order valence-corrected chi connectivity index (χ1v) is 7.73. The Bertz CT molecular complexity index is 525. The van der Waals surface area contributed by atoms with Gasteiger partial charge in [0.05, 0.1) is 5.69 Å². The second-order valence-corrected chi connectivity index (χ2v) is 5.17. The number of nitrogens with zero attached hydrogens (tertiary/aromatic N) is 2. The molecule has 0 saturated carbocycles. The van der Waals surface area contributed by atoms with Crippen molar-refractivity contribution in [3.63, 3.8) is 0 Å². The van der Waals surface area contributed by atoms with Gasteiger partial charge in [-0.15, -0.1) is 0 Å². The SMILES string of the molecule is CCNCc1ccccc1CN(CC)Cc1ccccn1. The van der Waals surface area contributed by atoms with Crippen molar-refractivity contribution in [2.75, 3.05) is 13.1 Å². The van der Waals surface area contributed by atoms with Gasteiger partial charge in [0.15, 0.2) is 0 Å². The minimum Gasteiger partial charge on any atom is -0.313 e. The molecule has 0 amide bonds. The van der Waals surface area contributed by atoms with E-state index in [0.29, 0.717) is 0 Å². The van der Waals surface area contributed by atoms with Crippen LogP contribution in [0.4, 0.5) is 0 Å². The van der Waals surface area contributed by atoms with Crippen molar-refractivity contribution in [1.29, 1.82) is 0 Å². The fraction of sp³-hybridized carbons (Fsp3) is 0.389. The molecule has 1 aromatic heterocycles. The van der Waals surface area contributed by atoms with Crippen LogP contribution in [0.1, 0.15) is 30.7 Å². The molecular weight excluding hydrogens is 258 g/mol. The van der Waals surface area contributed by atoms with E-state index in [1.54, 1.807) is 0 Å². The monoisotopic (exact) mass is 283 g/mol. The summed E-state index contributed by atoms with van der Waals surface area (Å²) >= 11 is 0. The molecule has 0 atom stereocenters. The number of benzene rings is 1. The second kappa shape index (κ2) is 8.55. The average Bonchev–Trinajstić information content (AvgIpc) is 2.54. The minimum absolute atomic E-state index is 0.896. The molecule has 1 heterocycles. The zero-order chi connectivity index (χ0) is 14.9. The molecule has 0 fully saturated rings. The molecule has 1 aromatic carbocycles. The Morgan fingerprint density at radius 2 is 1.71 bits per heavy atom. The summed E-state index contributed by atoms with van der Waals surface area (Å²) in [6, 6.07) is 14.8. The van der Waals surface area contributed by atoms with Crippen LogP contribution in [0.25, 0.3) is 0 Å². The molecule has 2 aromatic rings. The van der Waals surface area contributed by atoms with E-state index in [1.165, 1.54) is 11.1 Å². The molecule has 0 aliphatic carbocycles. The Kier molecular flexibility index (Phi) is 6.38. The van der Waals surface area contributed by atoms with E-state index in [0.717, 1.165) is 38.4 Å². The summed E-state index contributed by atoms with van der Waals surface area (Å²) in [7, 11) is 0. The summed E-state index contributed by atoms with van der Waals surface area (Å²) in [5.41, 5.74) is 3.92. The molecule has 0 bridgehead atoms. The molecule has 3 nitrogen and oxygen atoms in total. The quantitative estimate of drug-likeness (QED) is 0.806. The Morgan fingerprint density at radius 3 is 2.38 bits per heavy atom. The van der Waals surface area contributed by atoms with Crippen LogP contribution >= 0.6 is 0 Å². The van der Waals surface area contributed by atoms with E-state index in [2.05, 4.69) is 65.4 Å². The number of aromatic nitrogens is 1. The van der Waals surface area contributed by atoms with Crippen LogP contribution in [-0.2, 0) is 19.6 Å². The summed E-state index contributed by atoms with van der Waals surface area (Å²) in [4.78, 5) is 6.85. The Balaban J connectivity index is 2.04. The molecule has 21 heavy (non-hydrogen) atoms. The Labute approximate surface area is 128 Å². The fourth-order valence-electron chi connectivity index (χ4n) is 2.39. The van der Waals surface area contributed by atoms with Gasteiger partial charge in [0, 0.05) is 25.8 Å². The van der Waals surface area contributed by atoms with Crippen molar-refractivity contribution in [1.82, 2.24) is 15.2 Å². The number of nitrogens with one attached hydrogen (secondary N) is 1. The molecule has 0 saturated heterocycles. The largest absolute Gasteiger partial charge is 0.313 e. The van der Waals surface area contributed by atoms with Crippen LogP contribution in [-0.4, -0.2) is 23.0 Å². The highest BCUT2D eigenvalue weighted by Crippen LogP contribution is 2.13. The van der Waals surface area contributed by atoms with Crippen LogP contribution in [0.5, 0.6) is 0 Å². The lowest BCUT2D eigenvalue weighted by atomic mass is 10.1. The first-order valence-electron chi connectivity index (χ1n) is 7.73. The Morgan fingerprint density at radius 1 is 0.952 bits per heavy atom. The van der Waals surface area contributed by atoms with Crippen LogP contribution in [0, 0.1) is 0 Å². The van der Waals surface area contributed by atoms with Gasteiger partial charge >= 0.3 is 0 Å². The molecule has 0 radical (unpaired) electrons. The lowest BCUT2D eigenvalue weighted by molar-refractivity contribution is 0.267. The summed E-state index contributed by atoms with van der Waals surface area (Å²) < 4.78 is 0. The van der Waals surface area contributed by atoms with Crippen molar-refractivity contribution in [3.8, 4) is 0 Å². The molecule has 2 rings (SSSR count). The van der Waals surface area contributed by atoms with Gasteiger partial charge in [-0.3, -0.25) is 9.88 Å². The summed E-state index contributed by atoms with van der Waals surface area (Å²) in [5, 5.41) is 3.42. The van der Waals surface area contributed by atoms with E-state index in [1.807, 2.05) is 12.3 Å². The summed E-state index contributed by atoms with van der Waals surface area (Å²) in [6.45, 7) is 9.17. The predicted molar refractivity (Wildman–Crippen MR) is 87.8 cm³/mol. The lowest BCUT2D eigenvalue weighted by Crippen LogP contribution is -2.24. The van der Waals surface area contributed by atoms with Crippen molar-refractivity contribution >= 4 is 0 Å². The molecule has 0 aliphatic rings. The van der Waals surface area contributed by atoms with Crippen LogP contribution in [0.3, 0.4) is 0 Å². The fourth-order valence-corrected chi connectivity index (χ4v) is 2.39. The zero-order valence-corrected chi connectivity index (χ0v) is 13.0. The van der Waals surface area contributed by atoms with Gasteiger partial charge in [-0.1, -0.05) is 44.2 Å². The summed E-state index contributed by atoms with van der Waals surface area (Å²) in [5.74, 6) is 0. The number of hydrogen-bond acceptors (Lipinski definition) is 3. The Hall–Kier alpha value is -1.71. The van der Waals surface area contributed by atoms with Crippen LogP contribution in [0.15, 0.2) is 48.7 Å². The van der Waals surface area contributed by atoms with Crippen molar-refractivity contribution in [2.45, 2.75) is 33.5 Å². The third kappa shape index (κ3) is 4.96. The number of hydrogen-bond donors (Lipinski definition) is 1. The number of pyridine rings is 1. The average molecular weight is 283 g/mol. The maximum atomic E-state index is 4.43. The predicted octanol–water partition coefficient (Wildman–Crippen LogP) is 3.21. The smallest absolute Gasteiger partial charge is 0.0544 e. The maximum Gasteiger partial charge on any atom is 0.0544 e. The van der Waals surface area contributed by atoms with Crippen LogP contribution in [0.2, 0.25) is 0 Å². The third-order valence-electron chi connectivity index (χ3n) is 3.64. The first kappa shape index (κ1) is 15.7. The summed E-state index contributed by atoms with van der Waals surface area (Å²) in [6.07, 6.45) is 1.86.